The van der Waals surface area contributed by atoms with E-state index in [0.717, 1.165) is 0 Å². The summed E-state index contributed by atoms with van der Waals surface area (Å²) in [7, 11) is 1.43. The number of hydrogen-bond acceptors (Lipinski definition) is 7. The number of nitrogens with two attached hydrogens (primary N) is 1. The lowest BCUT2D eigenvalue weighted by atomic mass is 10.1. The zero-order valence-electron chi connectivity index (χ0n) is 13.6. The summed E-state index contributed by atoms with van der Waals surface area (Å²) in [6.07, 6.45) is -1.63. The molecule has 5 atom stereocenters. The summed E-state index contributed by atoms with van der Waals surface area (Å²) < 4.78 is 18.2. The number of aromatic amines is 1. The standard InChI is InChI=1S/C13H22N3O6PS/c1-7(2)23(19,24)22-10-8(6-14)21-12(11(10)20-3)16-5-4-9(17)15-13(16)18/h4-5,7-8,10-12H,6,14H2,1-3H3,(H,19,24)(H,15,17,18)/t8-,10+,11+,12-,23?/m1/s1. The summed E-state index contributed by atoms with van der Waals surface area (Å²) in [5.41, 5.74) is 4.32. The molecule has 1 aromatic heterocycles. The highest BCUT2D eigenvalue weighted by Gasteiger charge is 2.48. The van der Waals surface area contributed by atoms with Crippen LogP contribution in [0.25, 0.3) is 0 Å². The molecular formula is C13H22N3O6PS. The molecule has 1 aliphatic heterocycles. The Morgan fingerprint density at radius 1 is 1.50 bits per heavy atom. The molecule has 0 radical (unpaired) electrons. The number of methoxy groups -OCH3 is 1. The molecule has 2 rings (SSSR count). The van der Waals surface area contributed by atoms with Crippen LogP contribution in [0.2, 0.25) is 0 Å². The van der Waals surface area contributed by atoms with Crippen molar-refractivity contribution >= 4 is 18.3 Å². The van der Waals surface area contributed by atoms with Gasteiger partial charge in [0.2, 0.25) is 0 Å². The first-order valence-corrected chi connectivity index (χ1v) is 10.2. The fraction of sp³-hybridized carbons (Fsp3) is 0.692. The van der Waals surface area contributed by atoms with Gasteiger partial charge in [-0.2, -0.15) is 0 Å². The van der Waals surface area contributed by atoms with Crippen molar-refractivity contribution in [3.63, 3.8) is 0 Å². The van der Waals surface area contributed by atoms with Gasteiger partial charge in [-0.1, -0.05) is 13.8 Å². The third kappa shape index (κ3) is 3.85. The molecule has 1 fully saturated rings. The van der Waals surface area contributed by atoms with Crippen LogP contribution in [0, 0.1) is 0 Å². The van der Waals surface area contributed by atoms with Crippen molar-refractivity contribution in [2.75, 3.05) is 13.7 Å². The normalized spacial score (nSPS) is 29.8. The topological polar surface area (TPSA) is 129 Å². The number of hydrogen-bond donors (Lipinski definition) is 3. The van der Waals surface area contributed by atoms with Crippen molar-refractivity contribution in [1.29, 1.82) is 0 Å². The van der Waals surface area contributed by atoms with E-state index < -0.39 is 42.3 Å². The highest BCUT2D eigenvalue weighted by molar-refractivity contribution is 8.09. The molecule has 0 aliphatic carbocycles. The van der Waals surface area contributed by atoms with Crippen molar-refractivity contribution in [3.8, 4) is 0 Å². The molecule has 11 heteroatoms. The number of nitrogens with zero attached hydrogens (tertiary/aromatic N) is 1. The minimum absolute atomic E-state index is 0.0898. The average Bonchev–Trinajstić information content (AvgIpc) is 2.83. The quantitative estimate of drug-likeness (QED) is 0.565. The Bertz CT molecular complexity index is 735. The molecule has 1 saturated heterocycles. The number of rotatable bonds is 6. The summed E-state index contributed by atoms with van der Waals surface area (Å²) in [5, 5.41) is 0. The largest absolute Gasteiger partial charge is 0.374 e. The van der Waals surface area contributed by atoms with E-state index in [2.05, 4.69) is 4.98 Å². The molecular weight excluding hydrogens is 357 g/mol. The zero-order valence-corrected chi connectivity index (χ0v) is 15.3. The molecule has 0 aromatic carbocycles. The van der Waals surface area contributed by atoms with Gasteiger partial charge in [0.1, 0.15) is 18.3 Å². The van der Waals surface area contributed by atoms with Gasteiger partial charge < -0.3 is 24.6 Å². The lowest BCUT2D eigenvalue weighted by molar-refractivity contribution is -0.0519. The summed E-state index contributed by atoms with van der Waals surface area (Å²) in [6, 6.07) is 1.20. The Kier molecular flexibility index (Phi) is 6.14. The monoisotopic (exact) mass is 379 g/mol. The highest BCUT2D eigenvalue weighted by Crippen LogP contribution is 2.51. The second-order valence-corrected chi connectivity index (χ2v) is 9.69. The predicted octanol–water partition coefficient (Wildman–Crippen LogP) is -0.497. The third-order valence-electron chi connectivity index (χ3n) is 3.84. The lowest BCUT2D eigenvalue weighted by Crippen LogP contribution is -2.40. The van der Waals surface area contributed by atoms with Crippen molar-refractivity contribution in [2.45, 2.75) is 44.0 Å². The minimum atomic E-state index is -3.08. The second-order valence-electron chi connectivity index (χ2n) is 5.75. The first kappa shape index (κ1) is 19.5. The lowest BCUT2D eigenvalue weighted by Gasteiger charge is -2.29. The first-order valence-electron chi connectivity index (χ1n) is 7.42. The minimum Gasteiger partial charge on any atom is -0.374 e. The van der Waals surface area contributed by atoms with Crippen LogP contribution >= 0.6 is 6.49 Å². The molecule has 1 aromatic rings. The zero-order chi connectivity index (χ0) is 18.1. The average molecular weight is 379 g/mol. The van der Waals surface area contributed by atoms with Gasteiger partial charge >= 0.3 is 5.69 Å². The van der Waals surface area contributed by atoms with Gasteiger partial charge in [-0.15, -0.1) is 0 Å². The number of nitrogens with one attached hydrogen (secondary N) is 1. The van der Waals surface area contributed by atoms with Crippen molar-refractivity contribution in [3.05, 3.63) is 33.1 Å². The van der Waals surface area contributed by atoms with Crippen LogP contribution < -0.4 is 17.0 Å². The van der Waals surface area contributed by atoms with Gasteiger partial charge in [-0.3, -0.25) is 14.3 Å². The fourth-order valence-electron chi connectivity index (χ4n) is 2.42. The van der Waals surface area contributed by atoms with E-state index in [-0.39, 0.29) is 12.2 Å². The van der Waals surface area contributed by atoms with E-state index >= 15 is 0 Å². The molecule has 0 saturated carbocycles. The van der Waals surface area contributed by atoms with Gasteiger partial charge in [0.25, 0.3) is 5.56 Å². The van der Waals surface area contributed by atoms with E-state index in [1.807, 2.05) is 0 Å². The predicted molar refractivity (Wildman–Crippen MR) is 91.6 cm³/mol. The Morgan fingerprint density at radius 2 is 2.17 bits per heavy atom. The SMILES string of the molecule is CO[C@H]1[C@@H](OP(O)(=S)C(C)C)[C@@H](CN)O[C@H]1n1ccc(=O)[nH]c1=O. The molecule has 1 unspecified atom stereocenters. The molecule has 136 valence electrons. The van der Waals surface area contributed by atoms with Gasteiger partial charge in [0.05, 0.1) is 0 Å². The molecule has 0 spiro atoms. The highest BCUT2D eigenvalue weighted by atomic mass is 32.5. The Hall–Kier alpha value is -0.870. The molecule has 1 aliphatic rings. The van der Waals surface area contributed by atoms with Crippen molar-refractivity contribution in [2.24, 2.45) is 5.73 Å². The van der Waals surface area contributed by atoms with Crippen LogP contribution in [0.3, 0.4) is 0 Å². The van der Waals surface area contributed by atoms with Crippen LogP contribution in [0.1, 0.15) is 20.1 Å². The van der Waals surface area contributed by atoms with E-state index in [4.69, 9.17) is 31.5 Å². The molecule has 0 bridgehead atoms. The number of ether oxygens (including phenoxy) is 2. The second kappa shape index (κ2) is 7.57. The molecule has 9 nitrogen and oxygen atoms in total. The van der Waals surface area contributed by atoms with Crippen LogP contribution in [0.4, 0.5) is 0 Å². The maximum Gasteiger partial charge on any atom is 0.330 e. The van der Waals surface area contributed by atoms with Crippen molar-refractivity contribution < 1.29 is 18.9 Å². The maximum absolute atomic E-state index is 12.0. The van der Waals surface area contributed by atoms with Gasteiger partial charge in [0, 0.05) is 31.6 Å². The number of aromatic nitrogens is 2. The fourth-order valence-corrected chi connectivity index (χ4v) is 3.57. The van der Waals surface area contributed by atoms with Gasteiger partial charge in [-0.05, 0) is 11.8 Å². The van der Waals surface area contributed by atoms with Gasteiger partial charge in [-0.25, -0.2) is 4.79 Å². The first-order chi connectivity index (χ1) is 11.2. The Morgan fingerprint density at radius 3 is 2.67 bits per heavy atom. The summed E-state index contributed by atoms with van der Waals surface area (Å²) in [5.74, 6) is 0. The van der Waals surface area contributed by atoms with Gasteiger partial charge in [0.15, 0.2) is 12.7 Å². The van der Waals surface area contributed by atoms with Crippen LogP contribution in [-0.4, -0.2) is 52.1 Å². The smallest absolute Gasteiger partial charge is 0.330 e. The van der Waals surface area contributed by atoms with Crippen LogP contribution in [-0.2, 0) is 25.8 Å². The van der Waals surface area contributed by atoms with E-state index in [0.29, 0.717) is 0 Å². The summed E-state index contributed by atoms with van der Waals surface area (Å²) in [6.45, 7) is 0.537. The maximum atomic E-state index is 12.0. The van der Waals surface area contributed by atoms with E-state index in [9.17, 15) is 14.5 Å². The Labute approximate surface area is 143 Å². The molecule has 24 heavy (non-hydrogen) atoms. The Balaban J connectivity index is 2.37. The molecule has 0 amide bonds. The third-order valence-corrected chi connectivity index (χ3v) is 7.21. The summed E-state index contributed by atoms with van der Waals surface area (Å²) >= 11 is 5.18. The molecule has 4 N–H and O–H groups in total. The summed E-state index contributed by atoms with van der Waals surface area (Å²) in [4.78, 5) is 35.8. The van der Waals surface area contributed by atoms with Crippen molar-refractivity contribution in [1.82, 2.24) is 9.55 Å². The number of H-pyrrole nitrogens is 1. The van der Waals surface area contributed by atoms with E-state index in [1.54, 1.807) is 13.8 Å². The van der Waals surface area contributed by atoms with Crippen LogP contribution in [0.5, 0.6) is 0 Å². The molecule has 2 heterocycles. The van der Waals surface area contributed by atoms with Crippen LogP contribution in [0.15, 0.2) is 21.9 Å². The van der Waals surface area contributed by atoms with E-state index in [1.165, 1.54) is 23.9 Å².